The molecule has 0 aromatic heterocycles. The number of amides is 3. The number of carbonyl (C=O) groups is 2. The molecule has 9 heteroatoms. The van der Waals surface area contributed by atoms with Crippen LogP contribution in [0.2, 0.25) is 0 Å². The fourth-order valence-corrected chi connectivity index (χ4v) is 3.97. The van der Waals surface area contributed by atoms with Crippen LogP contribution in [-0.4, -0.2) is 68.8 Å². The highest BCUT2D eigenvalue weighted by Gasteiger charge is 2.25. The van der Waals surface area contributed by atoms with Crippen LogP contribution in [0.25, 0.3) is 0 Å². The van der Waals surface area contributed by atoms with Crippen molar-refractivity contribution in [2.45, 2.75) is 44.0 Å². The fraction of sp³-hybridized carbons (Fsp3) is 0.600. The number of nitrogens with zero attached hydrogens (tertiary/aromatic N) is 2. The number of carbonyl (C=O) groups excluding carboxylic acids is 2. The van der Waals surface area contributed by atoms with E-state index in [1.165, 1.54) is 38.4 Å². The van der Waals surface area contributed by atoms with Crippen LogP contribution in [0.4, 0.5) is 4.79 Å². The van der Waals surface area contributed by atoms with E-state index in [1.54, 1.807) is 0 Å². The minimum atomic E-state index is -3.51. The lowest BCUT2D eigenvalue weighted by molar-refractivity contribution is 0.0937. The maximum absolute atomic E-state index is 12.4. The topological polar surface area (TPSA) is 98.8 Å². The van der Waals surface area contributed by atoms with Crippen molar-refractivity contribution in [3.63, 3.8) is 0 Å². The smallest absolute Gasteiger partial charge is 0.317 e. The number of hydrogen-bond acceptors (Lipinski definition) is 4. The van der Waals surface area contributed by atoms with Crippen molar-refractivity contribution in [1.82, 2.24) is 19.8 Å². The van der Waals surface area contributed by atoms with Crippen LogP contribution in [0, 0.1) is 5.92 Å². The Labute approximate surface area is 173 Å². The van der Waals surface area contributed by atoms with Gasteiger partial charge in [0.25, 0.3) is 5.91 Å². The first-order valence-corrected chi connectivity index (χ1v) is 11.2. The molecule has 0 radical (unpaired) electrons. The highest BCUT2D eigenvalue weighted by atomic mass is 32.2. The predicted molar refractivity (Wildman–Crippen MR) is 112 cm³/mol. The van der Waals surface area contributed by atoms with Crippen LogP contribution < -0.4 is 10.6 Å². The zero-order valence-electron chi connectivity index (χ0n) is 17.9. The van der Waals surface area contributed by atoms with Gasteiger partial charge in [-0.15, -0.1) is 0 Å². The van der Waals surface area contributed by atoms with Crippen molar-refractivity contribution in [2.24, 2.45) is 5.92 Å². The van der Waals surface area contributed by atoms with Crippen molar-refractivity contribution in [2.75, 3.05) is 33.7 Å². The number of benzene rings is 1. The minimum absolute atomic E-state index is 0.0484. The van der Waals surface area contributed by atoms with Crippen LogP contribution in [0.3, 0.4) is 0 Å². The van der Waals surface area contributed by atoms with E-state index in [4.69, 9.17) is 0 Å². The van der Waals surface area contributed by atoms with Crippen LogP contribution in [-0.2, 0) is 10.0 Å². The number of rotatable bonds is 5. The van der Waals surface area contributed by atoms with Gasteiger partial charge in [-0.05, 0) is 63.8 Å². The molecule has 162 valence electrons. The summed E-state index contributed by atoms with van der Waals surface area (Å²) in [4.78, 5) is 26.5. The molecule has 1 fully saturated rings. The molecule has 1 aromatic carbocycles. The Kier molecular flexibility index (Phi) is 7.29. The normalized spacial score (nSPS) is 16.0. The zero-order valence-corrected chi connectivity index (χ0v) is 18.7. The summed E-state index contributed by atoms with van der Waals surface area (Å²) >= 11 is 0. The number of urea groups is 1. The van der Waals surface area contributed by atoms with Crippen LogP contribution in [0.15, 0.2) is 29.2 Å². The van der Waals surface area contributed by atoms with E-state index in [0.717, 1.165) is 17.1 Å². The first-order chi connectivity index (χ1) is 13.4. The molecule has 0 unspecified atom stereocenters. The summed E-state index contributed by atoms with van der Waals surface area (Å²) in [7, 11) is -0.576. The third kappa shape index (κ3) is 6.43. The van der Waals surface area contributed by atoms with E-state index >= 15 is 0 Å². The lowest BCUT2D eigenvalue weighted by Gasteiger charge is -2.34. The Bertz CT molecular complexity index is 821. The maximum atomic E-state index is 12.4. The molecule has 29 heavy (non-hydrogen) atoms. The van der Waals surface area contributed by atoms with Crippen molar-refractivity contribution < 1.29 is 18.0 Å². The molecule has 1 aliphatic rings. The summed E-state index contributed by atoms with van der Waals surface area (Å²) in [6.07, 6.45) is 1.66. The number of nitrogens with one attached hydrogen (secondary N) is 2. The van der Waals surface area contributed by atoms with Crippen LogP contribution in [0.5, 0.6) is 0 Å². The molecule has 2 rings (SSSR count). The van der Waals surface area contributed by atoms with Crippen molar-refractivity contribution >= 4 is 22.0 Å². The molecule has 0 atom stereocenters. The Morgan fingerprint density at radius 1 is 1.10 bits per heavy atom. The Balaban J connectivity index is 1.82. The van der Waals surface area contributed by atoms with E-state index in [9.17, 15) is 18.0 Å². The Hall–Kier alpha value is -2.13. The second-order valence-electron chi connectivity index (χ2n) is 8.63. The third-order valence-electron chi connectivity index (χ3n) is 4.83. The molecule has 0 spiro atoms. The van der Waals surface area contributed by atoms with E-state index in [1.807, 2.05) is 25.7 Å². The number of likely N-dealkylation sites (tertiary alicyclic amines) is 1. The number of sulfonamides is 1. The van der Waals surface area contributed by atoms with Gasteiger partial charge in [0.05, 0.1) is 4.90 Å². The van der Waals surface area contributed by atoms with Crippen molar-refractivity contribution in [1.29, 1.82) is 0 Å². The predicted octanol–water partition coefficient (Wildman–Crippen LogP) is 1.89. The van der Waals surface area contributed by atoms with Gasteiger partial charge in [0, 0.05) is 44.8 Å². The van der Waals surface area contributed by atoms with E-state index in [-0.39, 0.29) is 22.4 Å². The number of hydrogen-bond donors (Lipinski definition) is 2. The highest BCUT2D eigenvalue weighted by molar-refractivity contribution is 7.89. The molecule has 0 saturated carbocycles. The lowest BCUT2D eigenvalue weighted by atomic mass is 9.96. The van der Waals surface area contributed by atoms with Crippen molar-refractivity contribution in [3.05, 3.63) is 29.8 Å². The van der Waals surface area contributed by atoms with Gasteiger partial charge in [-0.3, -0.25) is 4.79 Å². The van der Waals surface area contributed by atoms with Crippen LogP contribution >= 0.6 is 0 Å². The van der Waals surface area contributed by atoms with Crippen molar-refractivity contribution in [3.8, 4) is 0 Å². The van der Waals surface area contributed by atoms with Gasteiger partial charge < -0.3 is 15.5 Å². The Morgan fingerprint density at radius 3 is 2.14 bits per heavy atom. The molecule has 2 N–H and O–H groups in total. The molecule has 3 amide bonds. The molecule has 1 aromatic rings. The monoisotopic (exact) mass is 424 g/mol. The average Bonchev–Trinajstić information content (AvgIpc) is 2.65. The first-order valence-electron chi connectivity index (χ1n) is 9.78. The third-order valence-corrected chi connectivity index (χ3v) is 6.66. The van der Waals surface area contributed by atoms with Gasteiger partial charge in [-0.2, -0.15) is 0 Å². The summed E-state index contributed by atoms with van der Waals surface area (Å²) < 4.78 is 25.3. The van der Waals surface area contributed by atoms with E-state index < -0.39 is 10.0 Å². The van der Waals surface area contributed by atoms with E-state index in [0.29, 0.717) is 31.1 Å². The summed E-state index contributed by atoms with van der Waals surface area (Å²) in [5.74, 6) is 0.0812. The molecule has 1 aliphatic heterocycles. The largest absolute Gasteiger partial charge is 0.352 e. The summed E-state index contributed by atoms with van der Waals surface area (Å²) in [5.41, 5.74) is 0.160. The minimum Gasteiger partial charge on any atom is -0.352 e. The maximum Gasteiger partial charge on any atom is 0.317 e. The second-order valence-corrected chi connectivity index (χ2v) is 10.8. The van der Waals surface area contributed by atoms with Gasteiger partial charge in [0.2, 0.25) is 10.0 Å². The lowest BCUT2D eigenvalue weighted by Crippen LogP contribution is -2.51. The summed E-state index contributed by atoms with van der Waals surface area (Å²) in [5, 5.41) is 5.88. The van der Waals surface area contributed by atoms with Gasteiger partial charge >= 0.3 is 6.03 Å². The second kappa shape index (κ2) is 9.13. The number of piperidine rings is 1. The van der Waals surface area contributed by atoms with Crippen LogP contribution in [0.1, 0.15) is 44.0 Å². The van der Waals surface area contributed by atoms with Gasteiger partial charge in [-0.25, -0.2) is 17.5 Å². The standard InChI is InChI=1S/C20H32N4O4S/c1-20(2,3)22-19(26)24-12-10-15(11-13-24)14-21-18(25)16-6-8-17(9-7-16)29(27,28)23(4)5/h6-9,15H,10-14H2,1-5H3,(H,21,25)(H,22,26). The van der Waals surface area contributed by atoms with Gasteiger partial charge in [-0.1, -0.05) is 0 Å². The van der Waals surface area contributed by atoms with E-state index in [2.05, 4.69) is 10.6 Å². The Morgan fingerprint density at radius 2 is 1.66 bits per heavy atom. The average molecular weight is 425 g/mol. The molecule has 8 nitrogen and oxygen atoms in total. The molecule has 1 saturated heterocycles. The summed E-state index contributed by atoms with van der Waals surface area (Å²) in [6, 6.07) is 5.87. The quantitative estimate of drug-likeness (QED) is 0.754. The highest BCUT2D eigenvalue weighted by Crippen LogP contribution is 2.18. The first kappa shape index (κ1) is 23.2. The SMILES string of the molecule is CN(C)S(=O)(=O)c1ccc(C(=O)NCC2CCN(C(=O)NC(C)(C)C)CC2)cc1. The van der Waals surface area contributed by atoms with Gasteiger partial charge in [0.1, 0.15) is 0 Å². The summed E-state index contributed by atoms with van der Waals surface area (Å²) in [6.45, 7) is 7.73. The molecule has 0 aliphatic carbocycles. The molecular weight excluding hydrogens is 392 g/mol. The molecule has 1 heterocycles. The van der Waals surface area contributed by atoms with Gasteiger partial charge in [0.15, 0.2) is 0 Å². The molecule has 0 bridgehead atoms. The fourth-order valence-electron chi connectivity index (χ4n) is 3.07. The molecular formula is C20H32N4O4S. The zero-order chi connectivity index (χ0) is 21.8.